The first-order chi connectivity index (χ1) is 13.1. The highest BCUT2D eigenvalue weighted by molar-refractivity contribution is 6.01. The number of piperidine rings is 1. The number of rotatable bonds is 4. The normalized spacial score (nSPS) is 14.4. The molecule has 4 rings (SSSR count). The van der Waals surface area contributed by atoms with E-state index in [1.807, 2.05) is 29.2 Å². The third-order valence-electron chi connectivity index (χ3n) is 4.89. The molecular formula is C20H21N5O2. The number of carbonyl (C=O) groups excluding carboxylic acids is 2. The van der Waals surface area contributed by atoms with Crippen LogP contribution in [-0.4, -0.2) is 44.4 Å². The minimum Gasteiger partial charge on any atom is -0.369 e. The quantitative estimate of drug-likeness (QED) is 0.768. The summed E-state index contributed by atoms with van der Waals surface area (Å²) in [4.78, 5) is 30.1. The molecule has 2 N–H and O–H groups in total. The lowest BCUT2D eigenvalue weighted by molar-refractivity contribution is -0.117. The average Bonchev–Trinajstić information content (AvgIpc) is 3.12. The van der Waals surface area contributed by atoms with Crippen molar-refractivity contribution in [1.29, 1.82) is 0 Å². The molecule has 0 radical (unpaired) electrons. The lowest BCUT2D eigenvalue weighted by Crippen LogP contribution is -2.35. The van der Waals surface area contributed by atoms with Crippen LogP contribution in [0.3, 0.4) is 0 Å². The van der Waals surface area contributed by atoms with Crippen molar-refractivity contribution in [2.45, 2.75) is 25.7 Å². The molecule has 0 saturated carbocycles. The standard InChI is InChI=1S/C20H21N5O2/c21-19(26)11-15-8-7-14(12-22-15)17-5-4-6-18-16(13-23-25(17)18)20(27)24-9-2-1-3-10-24/h4-8,12-13H,1-3,9-11H2,(H2,21,26). The third-order valence-corrected chi connectivity index (χ3v) is 4.89. The number of hydrogen-bond acceptors (Lipinski definition) is 4. The summed E-state index contributed by atoms with van der Waals surface area (Å²) in [5.74, 6) is -0.373. The molecule has 27 heavy (non-hydrogen) atoms. The minimum atomic E-state index is -0.412. The molecule has 0 bridgehead atoms. The molecule has 3 aromatic heterocycles. The number of likely N-dealkylation sites (tertiary alicyclic amines) is 1. The highest BCUT2D eigenvalue weighted by atomic mass is 16.2. The monoisotopic (exact) mass is 363 g/mol. The van der Waals surface area contributed by atoms with Crippen molar-refractivity contribution in [3.63, 3.8) is 0 Å². The highest BCUT2D eigenvalue weighted by Crippen LogP contribution is 2.23. The Morgan fingerprint density at radius 1 is 1.04 bits per heavy atom. The second kappa shape index (κ2) is 7.19. The molecule has 0 aliphatic carbocycles. The Labute approximate surface area is 156 Å². The second-order valence-electron chi connectivity index (χ2n) is 6.80. The first kappa shape index (κ1) is 17.2. The van der Waals surface area contributed by atoms with Gasteiger partial charge in [-0.1, -0.05) is 6.07 Å². The fraction of sp³-hybridized carbons (Fsp3) is 0.300. The van der Waals surface area contributed by atoms with E-state index >= 15 is 0 Å². The first-order valence-electron chi connectivity index (χ1n) is 9.13. The maximum Gasteiger partial charge on any atom is 0.257 e. The molecule has 0 aromatic carbocycles. The van der Waals surface area contributed by atoms with Crippen molar-refractivity contribution in [3.05, 3.63) is 54.0 Å². The molecule has 3 aromatic rings. The summed E-state index contributed by atoms with van der Waals surface area (Å²) in [7, 11) is 0. The number of pyridine rings is 2. The molecule has 1 saturated heterocycles. The van der Waals surface area contributed by atoms with E-state index in [4.69, 9.17) is 5.73 Å². The fourth-order valence-electron chi connectivity index (χ4n) is 3.52. The van der Waals surface area contributed by atoms with Gasteiger partial charge in [0, 0.05) is 30.5 Å². The van der Waals surface area contributed by atoms with Crippen molar-refractivity contribution < 1.29 is 9.59 Å². The van der Waals surface area contributed by atoms with E-state index in [1.165, 1.54) is 6.42 Å². The molecule has 0 unspecified atom stereocenters. The van der Waals surface area contributed by atoms with Gasteiger partial charge in [0.1, 0.15) is 0 Å². The number of nitrogens with zero attached hydrogens (tertiary/aromatic N) is 4. The Morgan fingerprint density at radius 2 is 1.85 bits per heavy atom. The van der Waals surface area contributed by atoms with E-state index in [-0.39, 0.29) is 12.3 Å². The average molecular weight is 363 g/mol. The van der Waals surface area contributed by atoms with Crippen LogP contribution in [0, 0.1) is 0 Å². The highest BCUT2D eigenvalue weighted by Gasteiger charge is 2.22. The van der Waals surface area contributed by atoms with Gasteiger partial charge >= 0.3 is 0 Å². The molecule has 7 heteroatoms. The van der Waals surface area contributed by atoms with Crippen molar-refractivity contribution in [1.82, 2.24) is 19.5 Å². The topological polar surface area (TPSA) is 93.6 Å². The van der Waals surface area contributed by atoms with Crippen molar-refractivity contribution >= 4 is 17.3 Å². The van der Waals surface area contributed by atoms with E-state index in [1.54, 1.807) is 23.0 Å². The number of aromatic nitrogens is 3. The summed E-state index contributed by atoms with van der Waals surface area (Å²) in [6.07, 6.45) is 6.74. The molecule has 138 valence electrons. The van der Waals surface area contributed by atoms with Gasteiger partial charge in [-0.05, 0) is 43.5 Å². The zero-order valence-electron chi connectivity index (χ0n) is 15.0. The van der Waals surface area contributed by atoms with Crippen LogP contribution < -0.4 is 5.73 Å². The van der Waals surface area contributed by atoms with Crippen LogP contribution in [0.25, 0.3) is 16.8 Å². The Kier molecular flexibility index (Phi) is 4.58. The van der Waals surface area contributed by atoms with Gasteiger partial charge < -0.3 is 10.6 Å². The molecule has 0 atom stereocenters. The van der Waals surface area contributed by atoms with Crippen LogP contribution in [0.5, 0.6) is 0 Å². The molecule has 4 heterocycles. The molecule has 1 aliphatic rings. The molecule has 1 aliphatic heterocycles. The fourth-order valence-corrected chi connectivity index (χ4v) is 3.52. The Morgan fingerprint density at radius 3 is 2.56 bits per heavy atom. The summed E-state index contributed by atoms with van der Waals surface area (Å²) in [6, 6.07) is 9.41. The number of hydrogen-bond donors (Lipinski definition) is 1. The number of primary amides is 1. The zero-order chi connectivity index (χ0) is 18.8. The summed E-state index contributed by atoms with van der Waals surface area (Å²) >= 11 is 0. The van der Waals surface area contributed by atoms with Crippen LogP contribution in [0.4, 0.5) is 0 Å². The summed E-state index contributed by atoms with van der Waals surface area (Å²) < 4.78 is 1.77. The number of amides is 2. The molecule has 1 fully saturated rings. The Hall–Kier alpha value is -3.22. The summed E-state index contributed by atoms with van der Waals surface area (Å²) in [5.41, 5.74) is 8.93. The van der Waals surface area contributed by atoms with Crippen LogP contribution in [0.2, 0.25) is 0 Å². The second-order valence-corrected chi connectivity index (χ2v) is 6.80. The molecule has 0 spiro atoms. The lowest BCUT2D eigenvalue weighted by Gasteiger charge is -2.26. The van der Waals surface area contributed by atoms with Gasteiger partial charge in [0.15, 0.2) is 0 Å². The van der Waals surface area contributed by atoms with Gasteiger partial charge in [-0.25, -0.2) is 4.52 Å². The van der Waals surface area contributed by atoms with Gasteiger partial charge in [0.05, 0.1) is 29.4 Å². The largest absolute Gasteiger partial charge is 0.369 e. The van der Waals surface area contributed by atoms with Gasteiger partial charge in [-0.15, -0.1) is 0 Å². The van der Waals surface area contributed by atoms with Crippen LogP contribution in [0.15, 0.2) is 42.7 Å². The van der Waals surface area contributed by atoms with E-state index < -0.39 is 5.91 Å². The number of fused-ring (bicyclic) bond motifs is 1. The predicted molar refractivity (Wildman–Crippen MR) is 101 cm³/mol. The molecular weight excluding hydrogens is 342 g/mol. The number of carbonyl (C=O) groups is 2. The maximum absolute atomic E-state index is 12.9. The Bertz CT molecular complexity index is 987. The Balaban J connectivity index is 1.68. The lowest BCUT2D eigenvalue weighted by atomic mass is 10.1. The van der Waals surface area contributed by atoms with Gasteiger partial charge in [0.2, 0.25) is 5.91 Å². The van der Waals surface area contributed by atoms with Gasteiger partial charge in [-0.3, -0.25) is 14.6 Å². The summed E-state index contributed by atoms with van der Waals surface area (Å²) in [6.45, 7) is 1.61. The van der Waals surface area contributed by atoms with E-state index in [0.717, 1.165) is 42.7 Å². The first-order valence-corrected chi connectivity index (χ1v) is 9.13. The van der Waals surface area contributed by atoms with Gasteiger partial charge in [-0.2, -0.15) is 5.10 Å². The van der Waals surface area contributed by atoms with Crippen molar-refractivity contribution in [2.24, 2.45) is 5.73 Å². The third kappa shape index (κ3) is 3.40. The predicted octanol–water partition coefficient (Wildman–Crippen LogP) is 2.05. The van der Waals surface area contributed by atoms with Crippen LogP contribution in [0.1, 0.15) is 35.3 Å². The van der Waals surface area contributed by atoms with Crippen LogP contribution in [-0.2, 0) is 11.2 Å². The zero-order valence-corrected chi connectivity index (χ0v) is 15.0. The van der Waals surface area contributed by atoms with Crippen molar-refractivity contribution in [2.75, 3.05) is 13.1 Å². The van der Waals surface area contributed by atoms with Crippen molar-refractivity contribution in [3.8, 4) is 11.3 Å². The van der Waals surface area contributed by atoms with E-state index in [9.17, 15) is 9.59 Å². The minimum absolute atomic E-state index is 0.0387. The molecule has 2 amide bonds. The molecule has 7 nitrogen and oxygen atoms in total. The van der Waals surface area contributed by atoms with Crippen LogP contribution >= 0.6 is 0 Å². The number of nitrogens with two attached hydrogens (primary N) is 1. The smallest absolute Gasteiger partial charge is 0.257 e. The maximum atomic E-state index is 12.9. The van der Waals surface area contributed by atoms with Gasteiger partial charge in [0.25, 0.3) is 5.91 Å². The summed E-state index contributed by atoms with van der Waals surface area (Å²) in [5, 5.41) is 4.45. The SMILES string of the molecule is NC(=O)Cc1ccc(-c2cccc3c(C(=O)N4CCCCC4)cnn23)cn1. The van der Waals surface area contributed by atoms with E-state index in [0.29, 0.717) is 11.3 Å². The van der Waals surface area contributed by atoms with E-state index in [2.05, 4.69) is 10.1 Å².